The molecule has 8 nitrogen and oxygen atoms in total. The van der Waals surface area contributed by atoms with Crippen LogP contribution in [0.25, 0.3) is 28.1 Å². The highest BCUT2D eigenvalue weighted by Crippen LogP contribution is 2.28. The lowest BCUT2D eigenvalue weighted by molar-refractivity contribution is -0.565. The molecule has 0 unspecified atom stereocenters. The number of aromatic amines is 1. The first-order chi connectivity index (χ1) is 16.6. The number of hydrogen-bond acceptors (Lipinski definition) is 6. The van der Waals surface area contributed by atoms with Gasteiger partial charge in [0.25, 0.3) is 11.5 Å². The van der Waals surface area contributed by atoms with Crippen LogP contribution < -0.4 is 14.3 Å². The van der Waals surface area contributed by atoms with Crippen LogP contribution in [-0.2, 0) is 4.74 Å². The maximum absolute atomic E-state index is 14.0. The summed E-state index contributed by atoms with van der Waals surface area (Å²) in [5, 5.41) is 3.52. The lowest BCUT2D eigenvalue weighted by Crippen LogP contribution is -2.43. The van der Waals surface area contributed by atoms with Gasteiger partial charge in [0.1, 0.15) is 17.6 Å². The Bertz CT molecular complexity index is 1350. The van der Waals surface area contributed by atoms with Crippen LogP contribution in [0.5, 0.6) is 0 Å². The predicted molar refractivity (Wildman–Crippen MR) is 129 cm³/mol. The third kappa shape index (κ3) is 3.73. The van der Waals surface area contributed by atoms with E-state index in [4.69, 9.17) is 19.7 Å². The van der Waals surface area contributed by atoms with Crippen molar-refractivity contribution in [1.29, 1.82) is 0 Å². The van der Waals surface area contributed by atoms with Crippen molar-refractivity contribution in [2.45, 2.75) is 38.4 Å². The summed E-state index contributed by atoms with van der Waals surface area (Å²) in [6.07, 6.45) is 1.67. The number of fused-ring (bicyclic) bond motifs is 2. The second-order valence-corrected chi connectivity index (χ2v) is 9.27. The van der Waals surface area contributed by atoms with Crippen molar-refractivity contribution in [3.8, 4) is 11.4 Å². The minimum atomic E-state index is -0.806. The van der Waals surface area contributed by atoms with Crippen LogP contribution in [0.4, 0.5) is 16.0 Å². The van der Waals surface area contributed by atoms with Gasteiger partial charge in [0.15, 0.2) is 0 Å². The molecule has 5 heterocycles. The van der Waals surface area contributed by atoms with E-state index in [1.54, 1.807) is 0 Å². The topological polar surface area (TPSA) is 74.3 Å². The fourth-order valence-electron chi connectivity index (χ4n) is 5.06. The molecule has 2 aliphatic heterocycles. The van der Waals surface area contributed by atoms with E-state index in [1.807, 2.05) is 46.7 Å². The zero-order valence-corrected chi connectivity index (χ0v) is 19.5. The molecule has 0 amide bonds. The molecule has 1 N–H and O–H groups in total. The van der Waals surface area contributed by atoms with E-state index in [1.165, 1.54) is 0 Å². The van der Waals surface area contributed by atoms with Crippen molar-refractivity contribution < 1.29 is 13.6 Å². The van der Waals surface area contributed by atoms with Gasteiger partial charge in [-0.05, 0) is 25.5 Å². The Balaban J connectivity index is 1.48. The van der Waals surface area contributed by atoms with E-state index in [9.17, 15) is 4.39 Å². The highest BCUT2D eigenvalue weighted by Gasteiger charge is 2.31. The zero-order chi connectivity index (χ0) is 23.2. The van der Waals surface area contributed by atoms with E-state index in [0.717, 1.165) is 71.5 Å². The fraction of sp³-hybridized carbons (Fsp3) is 0.440. The lowest BCUT2D eigenvalue weighted by atomic mass is 10.1. The summed E-state index contributed by atoms with van der Waals surface area (Å²) in [6, 6.07) is 12.3. The summed E-state index contributed by atoms with van der Waals surface area (Å²) in [5.41, 5.74) is 5.01. The molecule has 1 aromatic carbocycles. The molecule has 6 rings (SSSR count). The van der Waals surface area contributed by atoms with Crippen LogP contribution in [-0.4, -0.2) is 65.6 Å². The molecular weight excluding hydrogens is 433 g/mol. The molecule has 4 aromatic rings. The maximum atomic E-state index is 14.0. The highest BCUT2D eigenvalue weighted by molar-refractivity contribution is 5.78. The number of halogens is 1. The Morgan fingerprint density at radius 2 is 1.85 bits per heavy atom. The molecule has 2 fully saturated rings. The Labute approximate surface area is 197 Å². The molecule has 2 aliphatic rings. The molecule has 0 aliphatic carbocycles. The summed E-state index contributed by atoms with van der Waals surface area (Å²) in [7, 11) is 2.12. The standard InChI is InChI=1S/C25H28FN7O/c1-16-25(28-20-6-4-3-5-19(20)27-16)21-13-23-29-22(32-10-7-17(26)15-32)14-24(33(23)30-21)31(2)18-8-11-34-12-9-18/h3-6,13-14,17-18H,7-12,15H2,1-2H3/p+1/t17-/m1/s1. The molecule has 0 spiro atoms. The van der Waals surface area contributed by atoms with Gasteiger partial charge in [0, 0.05) is 38.7 Å². The molecule has 0 saturated carbocycles. The first-order valence-electron chi connectivity index (χ1n) is 12.0. The maximum Gasteiger partial charge on any atom is 0.289 e. The van der Waals surface area contributed by atoms with Gasteiger partial charge in [0.2, 0.25) is 5.82 Å². The monoisotopic (exact) mass is 462 g/mol. The number of hydrogen-bond donors (Lipinski definition) is 1. The van der Waals surface area contributed by atoms with Crippen LogP contribution in [0.15, 0.2) is 36.4 Å². The minimum absolute atomic E-state index is 0.362. The Kier molecular flexibility index (Phi) is 5.28. The Morgan fingerprint density at radius 3 is 2.59 bits per heavy atom. The normalized spacial score (nSPS) is 19.4. The summed E-state index contributed by atoms with van der Waals surface area (Å²) in [5.74, 6) is 1.80. The second kappa shape index (κ2) is 8.47. The largest absolute Gasteiger partial charge is 0.381 e. The predicted octanol–water partition coefficient (Wildman–Crippen LogP) is 3.23. The molecule has 0 bridgehead atoms. The summed E-state index contributed by atoms with van der Waals surface area (Å²) < 4.78 is 21.6. The van der Waals surface area contributed by atoms with E-state index >= 15 is 0 Å². The molecule has 1 atom stereocenters. The number of nitrogens with zero attached hydrogens (tertiary/aromatic N) is 6. The van der Waals surface area contributed by atoms with Crippen molar-refractivity contribution in [2.24, 2.45) is 0 Å². The van der Waals surface area contributed by atoms with E-state index in [0.29, 0.717) is 25.6 Å². The second-order valence-electron chi connectivity index (χ2n) is 9.27. The van der Waals surface area contributed by atoms with E-state index in [2.05, 4.69) is 23.1 Å². The van der Waals surface area contributed by atoms with Crippen LogP contribution in [0.3, 0.4) is 0 Å². The number of aromatic nitrogens is 5. The zero-order valence-electron chi connectivity index (χ0n) is 19.5. The van der Waals surface area contributed by atoms with Gasteiger partial charge in [-0.25, -0.2) is 19.5 Å². The minimum Gasteiger partial charge on any atom is -0.381 e. The number of benzene rings is 1. The van der Waals surface area contributed by atoms with Gasteiger partial charge in [-0.1, -0.05) is 17.1 Å². The lowest BCUT2D eigenvalue weighted by Gasteiger charge is -2.28. The van der Waals surface area contributed by atoms with Gasteiger partial charge < -0.3 is 9.64 Å². The first kappa shape index (κ1) is 21.2. The van der Waals surface area contributed by atoms with Crippen LogP contribution in [0.1, 0.15) is 25.0 Å². The van der Waals surface area contributed by atoms with Crippen LogP contribution in [0, 0.1) is 6.92 Å². The number of H-pyrrole nitrogens is 1. The van der Waals surface area contributed by atoms with Crippen LogP contribution in [0.2, 0.25) is 0 Å². The number of anilines is 2. The quantitative estimate of drug-likeness (QED) is 0.470. The van der Waals surface area contributed by atoms with Gasteiger partial charge in [-0.2, -0.15) is 0 Å². The average molecular weight is 463 g/mol. The molecule has 3 aromatic heterocycles. The smallest absolute Gasteiger partial charge is 0.289 e. The highest BCUT2D eigenvalue weighted by atomic mass is 19.1. The molecule has 0 radical (unpaired) electrons. The number of ether oxygens (including phenoxy) is 1. The van der Waals surface area contributed by atoms with Crippen molar-refractivity contribution >= 4 is 28.3 Å². The first-order valence-corrected chi connectivity index (χ1v) is 12.0. The Hall–Kier alpha value is -3.33. The Morgan fingerprint density at radius 1 is 1.09 bits per heavy atom. The van der Waals surface area contributed by atoms with Gasteiger partial charge in [-0.15, -0.1) is 4.52 Å². The van der Waals surface area contributed by atoms with Crippen molar-refractivity contribution in [3.05, 3.63) is 42.1 Å². The van der Waals surface area contributed by atoms with E-state index < -0.39 is 6.17 Å². The molecular formula is C25H29FN7O+. The third-order valence-electron chi connectivity index (χ3n) is 7.01. The number of para-hydroxylation sites is 2. The summed E-state index contributed by atoms with van der Waals surface area (Å²) in [6.45, 7) is 4.56. The SMILES string of the molecule is Cc1nc2ccccc2nc1-c1cc2nc(N3CC[C@@H](F)C3)cc(N(C)C3CCOCC3)[n+]2[nH]1. The average Bonchev–Trinajstić information content (AvgIpc) is 3.49. The number of alkyl halides is 1. The fourth-order valence-corrected chi connectivity index (χ4v) is 5.06. The van der Waals surface area contributed by atoms with Crippen LogP contribution >= 0.6 is 0 Å². The third-order valence-corrected chi connectivity index (χ3v) is 7.01. The van der Waals surface area contributed by atoms with Gasteiger partial charge >= 0.3 is 0 Å². The molecule has 176 valence electrons. The summed E-state index contributed by atoms with van der Waals surface area (Å²) >= 11 is 0. The number of nitrogens with one attached hydrogen (secondary N) is 1. The van der Waals surface area contributed by atoms with Gasteiger partial charge in [-0.3, -0.25) is 4.90 Å². The van der Waals surface area contributed by atoms with Crippen molar-refractivity contribution in [3.63, 3.8) is 0 Å². The molecule has 9 heteroatoms. The molecule has 2 saturated heterocycles. The number of rotatable bonds is 4. The van der Waals surface area contributed by atoms with Gasteiger partial charge in [0.05, 0.1) is 42.4 Å². The summed E-state index contributed by atoms with van der Waals surface area (Å²) in [4.78, 5) is 18.9. The molecule has 34 heavy (non-hydrogen) atoms. The van der Waals surface area contributed by atoms with Crippen molar-refractivity contribution in [1.82, 2.24) is 20.1 Å². The van der Waals surface area contributed by atoms with Crippen molar-refractivity contribution in [2.75, 3.05) is 43.2 Å². The number of aryl methyl sites for hydroxylation is 1. The van der Waals surface area contributed by atoms with E-state index in [-0.39, 0.29) is 0 Å².